The van der Waals surface area contributed by atoms with Crippen LogP contribution in [0.25, 0.3) is 0 Å². The molecule has 0 heterocycles. The predicted molar refractivity (Wildman–Crippen MR) is 118 cm³/mol. The summed E-state index contributed by atoms with van der Waals surface area (Å²) in [6.07, 6.45) is -4.56. The molecule has 0 atom stereocenters. The number of carbonyl (C=O) groups excluding carboxylic acids is 1. The summed E-state index contributed by atoms with van der Waals surface area (Å²) < 4.78 is 66.9. The van der Waals surface area contributed by atoms with Crippen molar-refractivity contribution in [3.05, 3.63) is 87.9 Å². The van der Waals surface area contributed by atoms with Crippen LogP contribution < -0.4 is 10.0 Å². The van der Waals surface area contributed by atoms with Gasteiger partial charge in [-0.2, -0.15) is 13.2 Å². The van der Waals surface area contributed by atoms with E-state index in [-0.39, 0.29) is 21.8 Å². The minimum Gasteiger partial charge on any atom is -0.322 e. The van der Waals surface area contributed by atoms with Crippen LogP contribution in [0.4, 0.5) is 24.5 Å². The summed E-state index contributed by atoms with van der Waals surface area (Å²) in [4.78, 5) is 12.5. The molecule has 1 amide bonds. The Kier molecular flexibility index (Phi) is 6.52. The number of hydrogen-bond donors (Lipinski definition) is 2. The number of carbonyl (C=O) groups is 1. The first-order chi connectivity index (χ1) is 14.9. The van der Waals surface area contributed by atoms with E-state index in [1.807, 2.05) is 0 Å². The lowest BCUT2D eigenvalue weighted by Gasteiger charge is -2.14. The molecule has 0 bridgehead atoms. The molecule has 3 rings (SSSR count). The Morgan fingerprint density at radius 3 is 2.31 bits per heavy atom. The quantitative estimate of drug-likeness (QED) is 0.466. The summed E-state index contributed by atoms with van der Waals surface area (Å²) in [5.41, 5.74) is 0.413. The maximum atomic E-state index is 12.9. The standard InChI is InChI=1S/C22H18ClF3N2O3S/c1-13-7-9-18(32(30,31)28-20-11-16(23)8-6-14(20)2)12-19(13)21(29)27-17-5-3-4-15(10-17)22(24,25)26/h3-12,28H,1-2H3,(H,27,29). The first kappa shape index (κ1) is 23.6. The number of hydrogen-bond acceptors (Lipinski definition) is 3. The molecular formula is C22H18ClF3N2O3S. The van der Waals surface area contributed by atoms with Crippen LogP contribution in [0.3, 0.4) is 0 Å². The topological polar surface area (TPSA) is 75.3 Å². The zero-order chi connectivity index (χ0) is 23.7. The smallest absolute Gasteiger partial charge is 0.322 e. The third kappa shape index (κ3) is 5.41. The first-order valence-corrected chi connectivity index (χ1v) is 11.1. The lowest BCUT2D eigenvalue weighted by Crippen LogP contribution is -2.17. The van der Waals surface area contributed by atoms with Gasteiger partial charge in [-0.3, -0.25) is 9.52 Å². The number of aryl methyl sites for hydroxylation is 2. The summed E-state index contributed by atoms with van der Waals surface area (Å²) in [5, 5.41) is 2.73. The average molecular weight is 483 g/mol. The molecule has 2 N–H and O–H groups in total. The molecule has 0 spiro atoms. The summed E-state index contributed by atoms with van der Waals surface area (Å²) in [6.45, 7) is 3.29. The Labute approximate surface area is 188 Å². The zero-order valence-corrected chi connectivity index (χ0v) is 18.5. The van der Waals surface area contributed by atoms with Crippen molar-refractivity contribution in [3.63, 3.8) is 0 Å². The molecule has 0 aliphatic carbocycles. The van der Waals surface area contributed by atoms with Gasteiger partial charge in [0, 0.05) is 16.3 Å². The Bertz CT molecular complexity index is 1290. The normalized spacial score (nSPS) is 11.8. The molecule has 5 nitrogen and oxygen atoms in total. The van der Waals surface area contributed by atoms with Crippen LogP contribution in [-0.2, 0) is 16.2 Å². The molecule has 0 fully saturated rings. The SMILES string of the molecule is Cc1ccc(Cl)cc1NS(=O)(=O)c1ccc(C)c(C(=O)Nc2cccc(C(F)(F)F)c2)c1. The molecule has 0 aliphatic rings. The number of sulfonamides is 1. The minimum atomic E-state index is -4.56. The van der Waals surface area contributed by atoms with Crippen molar-refractivity contribution in [2.24, 2.45) is 0 Å². The van der Waals surface area contributed by atoms with Crippen molar-refractivity contribution in [1.82, 2.24) is 0 Å². The molecule has 0 unspecified atom stereocenters. The van der Waals surface area contributed by atoms with E-state index in [0.717, 1.165) is 12.1 Å². The van der Waals surface area contributed by atoms with Crippen molar-refractivity contribution in [3.8, 4) is 0 Å². The molecule has 0 saturated heterocycles. The lowest BCUT2D eigenvalue weighted by molar-refractivity contribution is -0.137. The second-order valence-corrected chi connectivity index (χ2v) is 9.19. The van der Waals surface area contributed by atoms with Crippen LogP contribution in [0, 0.1) is 13.8 Å². The summed E-state index contributed by atoms with van der Waals surface area (Å²) in [6, 6.07) is 12.9. The van der Waals surface area contributed by atoms with Gasteiger partial charge in [0.2, 0.25) is 0 Å². The Hall–Kier alpha value is -3.04. The molecule has 0 aliphatic heterocycles. The molecule has 10 heteroatoms. The van der Waals surface area contributed by atoms with E-state index < -0.39 is 27.7 Å². The Morgan fingerprint density at radius 1 is 0.938 bits per heavy atom. The number of benzene rings is 3. The molecule has 0 aromatic heterocycles. The highest BCUT2D eigenvalue weighted by Gasteiger charge is 2.30. The van der Waals surface area contributed by atoms with Gasteiger partial charge in [0.05, 0.1) is 16.1 Å². The fraction of sp³-hybridized carbons (Fsp3) is 0.136. The largest absolute Gasteiger partial charge is 0.416 e. The number of nitrogens with one attached hydrogen (secondary N) is 2. The van der Waals surface area contributed by atoms with E-state index in [9.17, 15) is 26.4 Å². The van der Waals surface area contributed by atoms with Gasteiger partial charge in [-0.1, -0.05) is 29.8 Å². The van der Waals surface area contributed by atoms with E-state index in [4.69, 9.17) is 11.6 Å². The number of alkyl halides is 3. The number of halogens is 4. The summed E-state index contributed by atoms with van der Waals surface area (Å²) in [5.74, 6) is -0.738. The highest BCUT2D eigenvalue weighted by molar-refractivity contribution is 7.92. The van der Waals surface area contributed by atoms with Crippen LogP contribution in [0.1, 0.15) is 27.0 Å². The fourth-order valence-corrected chi connectivity index (χ4v) is 4.21. The van der Waals surface area contributed by atoms with E-state index in [0.29, 0.717) is 16.1 Å². The van der Waals surface area contributed by atoms with Gasteiger partial charge in [0.15, 0.2) is 0 Å². The molecule has 168 valence electrons. The van der Waals surface area contributed by atoms with Crippen LogP contribution >= 0.6 is 11.6 Å². The second-order valence-electron chi connectivity index (χ2n) is 7.07. The summed E-state index contributed by atoms with van der Waals surface area (Å²) >= 11 is 5.94. The third-order valence-electron chi connectivity index (χ3n) is 4.66. The number of anilines is 2. The Balaban J connectivity index is 1.90. The second kappa shape index (κ2) is 8.84. The highest BCUT2D eigenvalue weighted by atomic mass is 35.5. The van der Waals surface area contributed by atoms with Crippen molar-refractivity contribution in [1.29, 1.82) is 0 Å². The lowest BCUT2D eigenvalue weighted by atomic mass is 10.1. The fourth-order valence-electron chi connectivity index (χ4n) is 2.89. The van der Waals surface area contributed by atoms with Gasteiger partial charge in [-0.05, 0) is 67.4 Å². The number of amides is 1. The van der Waals surface area contributed by atoms with Gasteiger partial charge in [0.25, 0.3) is 15.9 Å². The monoisotopic (exact) mass is 482 g/mol. The van der Waals surface area contributed by atoms with Crippen LogP contribution in [0.15, 0.2) is 65.6 Å². The summed E-state index contributed by atoms with van der Waals surface area (Å²) in [7, 11) is -4.06. The maximum absolute atomic E-state index is 12.9. The van der Waals surface area contributed by atoms with Gasteiger partial charge in [-0.25, -0.2) is 8.42 Å². The van der Waals surface area contributed by atoms with E-state index in [1.165, 1.54) is 36.4 Å². The highest BCUT2D eigenvalue weighted by Crippen LogP contribution is 2.31. The van der Waals surface area contributed by atoms with Crippen molar-refractivity contribution >= 4 is 38.9 Å². The van der Waals surface area contributed by atoms with Crippen molar-refractivity contribution in [2.75, 3.05) is 10.0 Å². The molecule has 0 saturated carbocycles. The average Bonchev–Trinajstić information content (AvgIpc) is 2.70. The van der Waals surface area contributed by atoms with E-state index in [2.05, 4.69) is 10.0 Å². The van der Waals surface area contributed by atoms with Crippen LogP contribution in [0.2, 0.25) is 5.02 Å². The molecule has 3 aromatic carbocycles. The third-order valence-corrected chi connectivity index (χ3v) is 6.25. The van der Waals surface area contributed by atoms with Gasteiger partial charge in [-0.15, -0.1) is 0 Å². The van der Waals surface area contributed by atoms with E-state index in [1.54, 1.807) is 26.0 Å². The van der Waals surface area contributed by atoms with E-state index >= 15 is 0 Å². The van der Waals surface area contributed by atoms with Crippen LogP contribution in [0.5, 0.6) is 0 Å². The molecular weight excluding hydrogens is 465 g/mol. The van der Waals surface area contributed by atoms with Crippen molar-refractivity contribution in [2.45, 2.75) is 24.9 Å². The van der Waals surface area contributed by atoms with Crippen LogP contribution in [-0.4, -0.2) is 14.3 Å². The maximum Gasteiger partial charge on any atom is 0.416 e. The predicted octanol–water partition coefficient (Wildman–Crippen LogP) is 6.03. The van der Waals surface area contributed by atoms with Gasteiger partial charge < -0.3 is 5.32 Å². The minimum absolute atomic E-state index is 0.00750. The molecule has 0 radical (unpaired) electrons. The Morgan fingerprint density at radius 2 is 1.62 bits per heavy atom. The molecule has 32 heavy (non-hydrogen) atoms. The van der Waals surface area contributed by atoms with Gasteiger partial charge in [0.1, 0.15) is 0 Å². The van der Waals surface area contributed by atoms with Crippen molar-refractivity contribution < 1.29 is 26.4 Å². The molecule has 3 aromatic rings. The first-order valence-electron chi connectivity index (χ1n) is 9.25. The number of rotatable bonds is 5. The van der Waals surface area contributed by atoms with Gasteiger partial charge >= 0.3 is 6.18 Å². The zero-order valence-electron chi connectivity index (χ0n) is 16.9.